The van der Waals surface area contributed by atoms with Crippen LogP contribution in [0.15, 0.2) is 54.7 Å². The molecule has 0 radical (unpaired) electrons. The molecule has 1 heterocycles. The van der Waals surface area contributed by atoms with Crippen LogP contribution in [-0.4, -0.2) is 20.1 Å². The maximum absolute atomic E-state index is 13.7. The summed E-state index contributed by atoms with van der Waals surface area (Å²) in [5, 5.41) is 18.2. The van der Waals surface area contributed by atoms with Gasteiger partial charge in [0.1, 0.15) is 11.8 Å². The highest BCUT2D eigenvalue weighted by atomic mass is 19.2. The number of aromatic nitrogens is 3. The standard InChI is InChI=1S/C15H11F2N3O/c16-12-8-4-7-11(14(12)17)15(21)13-9-18-20(19-13)10-5-2-1-3-6-10/h1-9,15,21H. The monoisotopic (exact) mass is 287 g/mol. The van der Waals surface area contributed by atoms with Crippen molar-refractivity contribution in [3.8, 4) is 5.69 Å². The Balaban J connectivity index is 1.95. The van der Waals surface area contributed by atoms with Crippen molar-refractivity contribution in [2.24, 2.45) is 0 Å². The molecule has 106 valence electrons. The molecule has 3 aromatic rings. The van der Waals surface area contributed by atoms with Crippen LogP contribution in [0.5, 0.6) is 0 Å². The molecular weight excluding hydrogens is 276 g/mol. The van der Waals surface area contributed by atoms with E-state index in [-0.39, 0.29) is 11.3 Å². The summed E-state index contributed by atoms with van der Waals surface area (Å²) < 4.78 is 26.9. The maximum Gasteiger partial charge on any atom is 0.165 e. The van der Waals surface area contributed by atoms with E-state index in [1.54, 1.807) is 12.1 Å². The zero-order chi connectivity index (χ0) is 14.8. The number of rotatable bonds is 3. The van der Waals surface area contributed by atoms with Crippen molar-refractivity contribution in [2.45, 2.75) is 6.10 Å². The van der Waals surface area contributed by atoms with Gasteiger partial charge in [-0.15, -0.1) is 0 Å². The molecule has 0 bridgehead atoms. The Morgan fingerprint density at radius 3 is 2.52 bits per heavy atom. The van der Waals surface area contributed by atoms with Crippen molar-refractivity contribution in [3.63, 3.8) is 0 Å². The number of aliphatic hydroxyl groups excluding tert-OH is 1. The summed E-state index contributed by atoms with van der Waals surface area (Å²) in [5.74, 6) is -2.10. The molecule has 0 fully saturated rings. The predicted octanol–water partition coefficient (Wildman–Crippen LogP) is 2.63. The fourth-order valence-electron chi connectivity index (χ4n) is 1.98. The van der Waals surface area contributed by atoms with E-state index < -0.39 is 17.7 Å². The van der Waals surface area contributed by atoms with Crippen LogP contribution in [0.4, 0.5) is 8.78 Å². The maximum atomic E-state index is 13.7. The van der Waals surface area contributed by atoms with Crippen molar-refractivity contribution in [2.75, 3.05) is 0 Å². The molecule has 21 heavy (non-hydrogen) atoms. The van der Waals surface area contributed by atoms with Gasteiger partial charge in [0.25, 0.3) is 0 Å². The first kappa shape index (κ1) is 13.4. The van der Waals surface area contributed by atoms with Crippen molar-refractivity contribution in [1.29, 1.82) is 0 Å². The van der Waals surface area contributed by atoms with Gasteiger partial charge in [0.05, 0.1) is 11.9 Å². The van der Waals surface area contributed by atoms with E-state index in [9.17, 15) is 13.9 Å². The van der Waals surface area contributed by atoms with Gasteiger partial charge in [-0.25, -0.2) is 8.78 Å². The van der Waals surface area contributed by atoms with Gasteiger partial charge < -0.3 is 5.11 Å². The summed E-state index contributed by atoms with van der Waals surface area (Å²) in [7, 11) is 0. The Kier molecular flexibility index (Phi) is 3.45. The van der Waals surface area contributed by atoms with Crippen LogP contribution in [0.3, 0.4) is 0 Å². The number of nitrogens with zero attached hydrogens (tertiary/aromatic N) is 3. The van der Waals surface area contributed by atoms with E-state index in [1.165, 1.54) is 23.1 Å². The molecule has 6 heteroatoms. The number of hydrogen-bond donors (Lipinski definition) is 1. The minimum atomic E-state index is -1.38. The Morgan fingerprint density at radius 2 is 1.76 bits per heavy atom. The molecular formula is C15H11F2N3O. The Hall–Kier alpha value is -2.60. The number of para-hydroxylation sites is 1. The van der Waals surface area contributed by atoms with Gasteiger partial charge in [0.15, 0.2) is 11.6 Å². The lowest BCUT2D eigenvalue weighted by Gasteiger charge is -2.09. The number of benzene rings is 2. The minimum Gasteiger partial charge on any atom is -0.382 e. The van der Waals surface area contributed by atoms with Gasteiger partial charge in [-0.2, -0.15) is 15.0 Å². The van der Waals surface area contributed by atoms with Gasteiger partial charge in [-0.05, 0) is 18.2 Å². The minimum absolute atomic E-state index is 0.142. The molecule has 0 aliphatic carbocycles. The van der Waals surface area contributed by atoms with Gasteiger partial charge >= 0.3 is 0 Å². The first-order valence-electron chi connectivity index (χ1n) is 6.26. The first-order chi connectivity index (χ1) is 10.2. The first-order valence-corrected chi connectivity index (χ1v) is 6.26. The molecule has 1 unspecified atom stereocenters. The largest absolute Gasteiger partial charge is 0.382 e. The van der Waals surface area contributed by atoms with Crippen LogP contribution >= 0.6 is 0 Å². The van der Waals surface area contributed by atoms with E-state index in [0.29, 0.717) is 5.69 Å². The highest BCUT2D eigenvalue weighted by Crippen LogP contribution is 2.24. The number of halogens is 2. The van der Waals surface area contributed by atoms with Crippen LogP contribution in [0.1, 0.15) is 17.4 Å². The molecule has 1 aromatic heterocycles. The summed E-state index contributed by atoms with van der Waals surface area (Å²) in [5.41, 5.74) is 0.675. The Morgan fingerprint density at radius 1 is 1.00 bits per heavy atom. The third kappa shape index (κ3) is 2.53. The smallest absolute Gasteiger partial charge is 0.165 e. The van der Waals surface area contributed by atoms with Crippen molar-refractivity contribution >= 4 is 0 Å². The third-order valence-corrected chi connectivity index (χ3v) is 3.05. The molecule has 0 amide bonds. The Bertz CT molecular complexity index is 759. The normalized spacial score (nSPS) is 12.3. The fourth-order valence-corrected chi connectivity index (χ4v) is 1.98. The molecule has 0 saturated carbocycles. The molecule has 3 rings (SSSR count). The molecule has 1 N–H and O–H groups in total. The molecule has 1 atom stereocenters. The molecule has 0 spiro atoms. The predicted molar refractivity (Wildman–Crippen MR) is 71.8 cm³/mol. The second-order valence-corrected chi connectivity index (χ2v) is 4.44. The van der Waals surface area contributed by atoms with Gasteiger partial charge in [0, 0.05) is 5.56 Å². The van der Waals surface area contributed by atoms with E-state index in [4.69, 9.17) is 0 Å². The van der Waals surface area contributed by atoms with Gasteiger partial charge in [-0.3, -0.25) is 0 Å². The van der Waals surface area contributed by atoms with Crippen molar-refractivity contribution in [1.82, 2.24) is 15.0 Å². The zero-order valence-corrected chi connectivity index (χ0v) is 10.8. The lowest BCUT2D eigenvalue weighted by atomic mass is 10.1. The van der Waals surface area contributed by atoms with Crippen molar-refractivity contribution < 1.29 is 13.9 Å². The summed E-state index contributed by atoms with van der Waals surface area (Å²) in [6.45, 7) is 0. The van der Waals surface area contributed by atoms with Gasteiger partial charge in [-0.1, -0.05) is 30.3 Å². The molecule has 0 saturated heterocycles. The molecule has 0 aliphatic heterocycles. The van der Waals surface area contributed by atoms with Crippen LogP contribution in [0, 0.1) is 11.6 Å². The second-order valence-electron chi connectivity index (χ2n) is 4.44. The molecule has 2 aromatic carbocycles. The lowest BCUT2D eigenvalue weighted by molar-refractivity contribution is 0.208. The topological polar surface area (TPSA) is 50.9 Å². The zero-order valence-electron chi connectivity index (χ0n) is 10.8. The number of hydrogen-bond acceptors (Lipinski definition) is 3. The van der Waals surface area contributed by atoms with Crippen LogP contribution in [-0.2, 0) is 0 Å². The fraction of sp³-hybridized carbons (Fsp3) is 0.0667. The second kappa shape index (κ2) is 5.41. The lowest BCUT2D eigenvalue weighted by Crippen LogP contribution is -2.06. The quantitative estimate of drug-likeness (QED) is 0.805. The summed E-state index contributed by atoms with van der Waals surface area (Å²) >= 11 is 0. The average Bonchev–Trinajstić information content (AvgIpc) is 3.00. The van der Waals surface area contributed by atoms with E-state index in [1.807, 2.05) is 18.2 Å². The van der Waals surface area contributed by atoms with Crippen LogP contribution < -0.4 is 0 Å². The SMILES string of the molecule is OC(c1cnn(-c2ccccc2)n1)c1cccc(F)c1F. The summed E-state index contributed by atoms with van der Waals surface area (Å²) in [6, 6.07) is 12.7. The molecule has 4 nitrogen and oxygen atoms in total. The van der Waals surface area contributed by atoms with Crippen LogP contribution in [0.2, 0.25) is 0 Å². The van der Waals surface area contributed by atoms with Crippen molar-refractivity contribution in [3.05, 3.63) is 77.6 Å². The highest BCUT2D eigenvalue weighted by Gasteiger charge is 2.20. The summed E-state index contributed by atoms with van der Waals surface area (Å²) in [6.07, 6.45) is -0.0553. The Labute approximate surface area is 119 Å². The summed E-state index contributed by atoms with van der Waals surface area (Å²) in [4.78, 5) is 1.32. The van der Waals surface area contributed by atoms with E-state index in [2.05, 4.69) is 10.2 Å². The van der Waals surface area contributed by atoms with E-state index >= 15 is 0 Å². The highest BCUT2D eigenvalue weighted by molar-refractivity contribution is 5.30. The van der Waals surface area contributed by atoms with Crippen LogP contribution in [0.25, 0.3) is 5.69 Å². The van der Waals surface area contributed by atoms with E-state index in [0.717, 1.165) is 6.07 Å². The number of aliphatic hydroxyl groups is 1. The third-order valence-electron chi connectivity index (χ3n) is 3.05. The molecule has 0 aliphatic rings. The van der Waals surface area contributed by atoms with Gasteiger partial charge in [0.2, 0.25) is 0 Å². The average molecular weight is 287 g/mol.